The number of amides is 1. The van der Waals surface area contributed by atoms with Gasteiger partial charge in [-0.15, -0.1) is 17.5 Å². The molecule has 0 radical (unpaired) electrons. The monoisotopic (exact) mass is 361 g/mol. The third-order valence-corrected chi connectivity index (χ3v) is 4.48. The number of hydrogen-bond acceptors (Lipinski definition) is 5. The van der Waals surface area contributed by atoms with Gasteiger partial charge in [-0.25, -0.2) is 0 Å². The highest BCUT2D eigenvalue weighted by Gasteiger charge is 2.35. The van der Waals surface area contributed by atoms with Crippen LogP contribution in [0.1, 0.15) is 18.9 Å². The van der Waals surface area contributed by atoms with Crippen LogP contribution in [0.3, 0.4) is 0 Å². The highest BCUT2D eigenvalue weighted by atomic mass is 35.5. The molecule has 6 nitrogen and oxygen atoms in total. The molecule has 1 atom stereocenters. The summed E-state index contributed by atoms with van der Waals surface area (Å²) in [5.41, 5.74) is 6.21. The molecule has 1 amide bonds. The third-order valence-electron chi connectivity index (χ3n) is 4.48. The summed E-state index contributed by atoms with van der Waals surface area (Å²) in [5.74, 6) is 0.820. The van der Waals surface area contributed by atoms with E-state index >= 15 is 0 Å². The first-order chi connectivity index (χ1) is 11.6. The fourth-order valence-electron chi connectivity index (χ4n) is 3.05. The van der Waals surface area contributed by atoms with Gasteiger partial charge in [0.05, 0.1) is 0 Å². The molecule has 2 aromatic rings. The van der Waals surface area contributed by atoms with Gasteiger partial charge in [-0.3, -0.25) is 4.79 Å². The molecular formula is C18H24ClN5O. The number of rotatable bonds is 3. The molecule has 0 spiro atoms. The summed E-state index contributed by atoms with van der Waals surface area (Å²) in [6.07, 6.45) is 2.55. The van der Waals surface area contributed by atoms with Gasteiger partial charge in [0, 0.05) is 32.4 Å². The van der Waals surface area contributed by atoms with E-state index in [9.17, 15) is 4.79 Å². The van der Waals surface area contributed by atoms with Crippen molar-refractivity contribution in [2.24, 2.45) is 5.73 Å². The quantitative estimate of drug-likeness (QED) is 0.902. The molecule has 1 unspecified atom stereocenters. The SMILES string of the molecule is CC(N)(C(=O)N1CCCN(c2cccnn2)CC1)c1ccccc1.Cl. The Labute approximate surface area is 154 Å². The summed E-state index contributed by atoms with van der Waals surface area (Å²) in [4.78, 5) is 17.0. The van der Waals surface area contributed by atoms with E-state index in [1.807, 2.05) is 47.4 Å². The largest absolute Gasteiger partial charge is 0.353 e. The Morgan fingerprint density at radius 2 is 1.84 bits per heavy atom. The van der Waals surface area contributed by atoms with Crippen LogP contribution in [0.5, 0.6) is 0 Å². The standard InChI is InChI=1S/C18H23N5O.ClH/c1-18(19,15-7-3-2-4-8-15)17(24)23-12-6-11-22(13-14-23)16-9-5-10-20-21-16;/h2-5,7-10H,6,11-14,19H2,1H3;1H. The van der Waals surface area contributed by atoms with Crippen LogP contribution < -0.4 is 10.6 Å². The molecule has 1 aromatic heterocycles. The smallest absolute Gasteiger partial charge is 0.247 e. The zero-order valence-electron chi connectivity index (χ0n) is 14.3. The average Bonchev–Trinajstić information content (AvgIpc) is 2.88. The van der Waals surface area contributed by atoms with Crippen molar-refractivity contribution >= 4 is 24.1 Å². The predicted molar refractivity (Wildman–Crippen MR) is 101 cm³/mol. The molecule has 134 valence electrons. The van der Waals surface area contributed by atoms with Gasteiger partial charge in [0.1, 0.15) is 5.54 Å². The second-order valence-electron chi connectivity index (χ2n) is 6.28. The summed E-state index contributed by atoms with van der Waals surface area (Å²) in [7, 11) is 0. The molecular weight excluding hydrogens is 338 g/mol. The van der Waals surface area contributed by atoms with E-state index in [4.69, 9.17) is 5.73 Å². The fourth-order valence-corrected chi connectivity index (χ4v) is 3.05. The van der Waals surface area contributed by atoms with E-state index in [-0.39, 0.29) is 18.3 Å². The number of benzene rings is 1. The normalized spacial score (nSPS) is 17.2. The molecule has 3 rings (SSSR count). The number of halogens is 1. The van der Waals surface area contributed by atoms with Crippen molar-refractivity contribution in [1.29, 1.82) is 0 Å². The minimum absolute atomic E-state index is 0. The lowest BCUT2D eigenvalue weighted by Gasteiger charge is -2.31. The topological polar surface area (TPSA) is 75.4 Å². The lowest BCUT2D eigenvalue weighted by atomic mass is 9.91. The first-order valence-corrected chi connectivity index (χ1v) is 8.25. The molecule has 0 aliphatic carbocycles. The van der Waals surface area contributed by atoms with E-state index in [0.717, 1.165) is 30.9 Å². The van der Waals surface area contributed by atoms with E-state index in [2.05, 4.69) is 15.1 Å². The van der Waals surface area contributed by atoms with Crippen molar-refractivity contribution in [3.63, 3.8) is 0 Å². The first kappa shape index (κ1) is 19.1. The van der Waals surface area contributed by atoms with Gasteiger partial charge >= 0.3 is 0 Å². The Kier molecular flexibility index (Phi) is 6.33. The second kappa shape index (κ2) is 8.27. The second-order valence-corrected chi connectivity index (χ2v) is 6.28. The van der Waals surface area contributed by atoms with Crippen LogP contribution in [0.4, 0.5) is 5.82 Å². The summed E-state index contributed by atoms with van der Waals surface area (Å²) in [5, 5.41) is 8.09. The minimum atomic E-state index is -1.01. The molecule has 7 heteroatoms. The van der Waals surface area contributed by atoms with Crippen molar-refractivity contribution < 1.29 is 4.79 Å². The van der Waals surface area contributed by atoms with Gasteiger partial charge in [-0.2, -0.15) is 5.10 Å². The number of aromatic nitrogens is 2. The molecule has 1 fully saturated rings. The summed E-state index contributed by atoms with van der Waals surface area (Å²) >= 11 is 0. The maximum atomic E-state index is 13.0. The van der Waals surface area contributed by atoms with Crippen LogP contribution in [0.25, 0.3) is 0 Å². The van der Waals surface area contributed by atoms with E-state index < -0.39 is 5.54 Å². The Morgan fingerprint density at radius 1 is 1.08 bits per heavy atom. The number of carbonyl (C=O) groups excluding carboxylic acids is 1. The van der Waals surface area contributed by atoms with Crippen molar-refractivity contribution in [2.45, 2.75) is 18.9 Å². The van der Waals surface area contributed by atoms with Gasteiger partial charge in [-0.05, 0) is 31.0 Å². The lowest BCUT2D eigenvalue weighted by molar-refractivity contribution is -0.136. The minimum Gasteiger partial charge on any atom is -0.353 e. The molecule has 1 saturated heterocycles. The average molecular weight is 362 g/mol. The summed E-state index contributed by atoms with van der Waals surface area (Å²) in [6.45, 7) is 4.71. The van der Waals surface area contributed by atoms with E-state index in [1.54, 1.807) is 13.1 Å². The van der Waals surface area contributed by atoms with Crippen LogP contribution in [0.15, 0.2) is 48.7 Å². The summed E-state index contributed by atoms with van der Waals surface area (Å²) in [6, 6.07) is 13.4. The third kappa shape index (κ3) is 4.27. The van der Waals surface area contributed by atoms with Gasteiger partial charge < -0.3 is 15.5 Å². The van der Waals surface area contributed by atoms with Crippen molar-refractivity contribution in [2.75, 3.05) is 31.1 Å². The van der Waals surface area contributed by atoms with Gasteiger partial charge in [0.15, 0.2) is 5.82 Å². The van der Waals surface area contributed by atoms with Crippen LogP contribution >= 0.6 is 12.4 Å². The molecule has 1 aromatic carbocycles. The number of nitrogens with zero attached hydrogens (tertiary/aromatic N) is 4. The molecule has 2 N–H and O–H groups in total. The molecule has 1 aliphatic heterocycles. The van der Waals surface area contributed by atoms with Crippen molar-refractivity contribution in [1.82, 2.24) is 15.1 Å². The molecule has 25 heavy (non-hydrogen) atoms. The zero-order valence-corrected chi connectivity index (χ0v) is 15.2. The van der Waals surface area contributed by atoms with Gasteiger partial charge in [-0.1, -0.05) is 30.3 Å². The number of hydrogen-bond donors (Lipinski definition) is 1. The first-order valence-electron chi connectivity index (χ1n) is 8.25. The highest BCUT2D eigenvalue weighted by Crippen LogP contribution is 2.22. The Balaban J connectivity index is 0.00000225. The number of nitrogens with two attached hydrogens (primary N) is 1. The summed E-state index contributed by atoms with van der Waals surface area (Å²) < 4.78 is 0. The molecule has 0 bridgehead atoms. The van der Waals surface area contributed by atoms with Gasteiger partial charge in [0.25, 0.3) is 0 Å². The number of carbonyl (C=O) groups is 1. The lowest BCUT2D eigenvalue weighted by Crippen LogP contribution is -2.51. The Bertz CT molecular complexity index is 680. The maximum Gasteiger partial charge on any atom is 0.247 e. The van der Waals surface area contributed by atoms with Crippen LogP contribution in [0.2, 0.25) is 0 Å². The Hall–Kier alpha value is -2.18. The predicted octanol–water partition coefficient (Wildman–Crippen LogP) is 1.81. The molecule has 2 heterocycles. The van der Waals surface area contributed by atoms with E-state index in [0.29, 0.717) is 13.1 Å². The van der Waals surface area contributed by atoms with E-state index in [1.165, 1.54) is 0 Å². The Morgan fingerprint density at radius 3 is 2.52 bits per heavy atom. The van der Waals surface area contributed by atoms with Crippen molar-refractivity contribution in [3.8, 4) is 0 Å². The molecule has 1 aliphatic rings. The fraction of sp³-hybridized carbons (Fsp3) is 0.389. The maximum absolute atomic E-state index is 13.0. The zero-order chi connectivity index (χ0) is 17.0. The van der Waals surface area contributed by atoms with Crippen LogP contribution in [-0.2, 0) is 10.3 Å². The number of anilines is 1. The highest BCUT2D eigenvalue weighted by molar-refractivity contribution is 5.87. The van der Waals surface area contributed by atoms with Gasteiger partial charge in [0.2, 0.25) is 5.91 Å². The van der Waals surface area contributed by atoms with Crippen LogP contribution in [-0.4, -0.2) is 47.2 Å². The van der Waals surface area contributed by atoms with Crippen molar-refractivity contribution in [3.05, 3.63) is 54.2 Å². The van der Waals surface area contributed by atoms with Crippen LogP contribution in [0, 0.1) is 0 Å². The molecule has 0 saturated carbocycles.